The van der Waals surface area contributed by atoms with Gasteiger partial charge in [-0.25, -0.2) is 4.79 Å². The summed E-state index contributed by atoms with van der Waals surface area (Å²) >= 11 is 0. The normalized spacial score (nSPS) is 26.9. The average Bonchev–Trinajstić information content (AvgIpc) is 2.90. The standard InChI is InChI=1S/C17H20O3/c1-12(13-8-4-2-5-9-13)15-16(20-17(18)19-15)14-10-6-3-7-11-14/h2,4-5,8-9,14-16H,1,3,6-7,10-11H2/t15-,16-/m1/s1. The molecule has 0 bridgehead atoms. The lowest BCUT2D eigenvalue weighted by Crippen LogP contribution is -2.33. The molecule has 1 saturated heterocycles. The Bertz CT molecular complexity index is 488. The van der Waals surface area contributed by atoms with Crippen molar-refractivity contribution in [2.24, 2.45) is 5.92 Å². The van der Waals surface area contributed by atoms with Crippen LogP contribution in [0.1, 0.15) is 37.7 Å². The minimum Gasteiger partial charge on any atom is -0.426 e. The van der Waals surface area contributed by atoms with E-state index in [9.17, 15) is 4.79 Å². The van der Waals surface area contributed by atoms with Gasteiger partial charge < -0.3 is 9.47 Å². The Labute approximate surface area is 119 Å². The molecule has 3 heteroatoms. The van der Waals surface area contributed by atoms with E-state index in [1.165, 1.54) is 19.3 Å². The van der Waals surface area contributed by atoms with Crippen LogP contribution in [-0.4, -0.2) is 18.4 Å². The molecule has 1 heterocycles. The number of hydrogen-bond donors (Lipinski definition) is 0. The predicted octanol–water partition coefficient (Wildman–Crippen LogP) is 4.18. The second-order valence-electron chi connectivity index (χ2n) is 5.66. The van der Waals surface area contributed by atoms with Crippen molar-refractivity contribution in [1.29, 1.82) is 0 Å². The Morgan fingerprint density at radius 2 is 1.75 bits per heavy atom. The van der Waals surface area contributed by atoms with Gasteiger partial charge in [0.1, 0.15) is 6.10 Å². The van der Waals surface area contributed by atoms with Crippen molar-refractivity contribution < 1.29 is 14.3 Å². The highest BCUT2D eigenvalue weighted by atomic mass is 16.8. The second-order valence-corrected chi connectivity index (χ2v) is 5.66. The minimum absolute atomic E-state index is 0.171. The molecular formula is C17H20O3. The molecule has 2 fully saturated rings. The third-order valence-corrected chi connectivity index (χ3v) is 4.36. The summed E-state index contributed by atoms with van der Waals surface area (Å²) in [6.07, 6.45) is 4.86. The van der Waals surface area contributed by atoms with E-state index in [0.717, 1.165) is 24.0 Å². The van der Waals surface area contributed by atoms with E-state index >= 15 is 0 Å². The molecule has 2 aliphatic rings. The highest BCUT2D eigenvalue weighted by Gasteiger charge is 2.43. The first-order chi connectivity index (χ1) is 9.75. The number of carbonyl (C=O) groups excluding carboxylic acids is 1. The number of ether oxygens (including phenoxy) is 2. The molecule has 0 spiro atoms. The van der Waals surface area contributed by atoms with E-state index in [0.29, 0.717) is 5.92 Å². The molecule has 0 amide bonds. The third-order valence-electron chi connectivity index (χ3n) is 4.36. The van der Waals surface area contributed by atoms with Gasteiger partial charge in [-0.3, -0.25) is 0 Å². The summed E-state index contributed by atoms with van der Waals surface area (Å²) < 4.78 is 10.8. The monoisotopic (exact) mass is 272 g/mol. The molecule has 1 saturated carbocycles. The molecule has 3 nitrogen and oxygen atoms in total. The van der Waals surface area contributed by atoms with Crippen molar-refractivity contribution in [1.82, 2.24) is 0 Å². The van der Waals surface area contributed by atoms with Gasteiger partial charge in [0.2, 0.25) is 0 Å². The van der Waals surface area contributed by atoms with Crippen molar-refractivity contribution in [3.8, 4) is 0 Å². The SMILES string of the molecule is C=C(c1ccccc1)[C@H]1OC(=O)O[C@@H]1C1CCCCC1. The van der Waals surface area contributed by atoms with Gasteiger partial charge in [-0.15, -0.1) is 0 Å². The first kappa shape index (κ1) is 13.2. The Morgan fingerprint density at radius 3 is 2.45 bits per heavy atom. The molecule has 1 aromatic rings. The fourth-order valence-corrected chi connectivity index (χ4v) is 3.26. The molecule has 2 atom stereocenters. The van der Waals surface area contributed by atoms with Crippen LogP contribution in [0.5, 0.6) is 0 Å². The Morgan fingerprint density at radius 1 is 1.05 bits per heavy atom. The molecule has 0 radical (unpaired) electrons. The quantitative estimate of drug-likeness (QED) is 0.774. The number of rotatable bonds is 3. The largest absolute Gasteiger partial charge is 0.509 e. The second kappa shape index (κ2) is 5.70. The van der Waals surface area contributed by atoms with E-state index in [-0.39, 0.29) is 12.2 Å². The first-order valence-corrected chi connectivity index (χ1v) is 7.37. The molecule has 1 aliphatic heterocycles. The van der Waals surface area contributed by atoms with Crippen molar-refractivity contribution in [2.75, 3.05) is 0 Å². The Hall–Kier alpha value is -1.77. The maximum atomic E-state index is 11.6. The third kappa shape index (κ3) is 2.58. The Balaban J connectivity index is 1.79. The van der Waals surface area contributed by atoms with Crippen LogP contribution in [0.2, 0.25) is 0 Å². The summed E-state index contributed by atoms with van der Waals surface area (Å²) in [6.45, 7) is 4.13. The average molecular weight is 272 g/mol. The van der Waals surface area contributed by atoms with Gasteiger partial charge in [-0.05, 0) is 24.0 Å². The van der Waals surface area contributed by atoms with Crippen molar-refractivity contribution in [2.45, 2.75) is 44.3 Å². The molecule has 0 aromatic heterocycles. The zero-order valence-electron chi connectivity index (χ0n) is 11.6. The van der Waals surface area contributed by atoms with Crippen LogP contribution in [0.25, 0.3) is 5.57 Å². The maximum absolute atomic E-state index is 11.6. The molecule has 0 unspecified atom stereocenters. The van der Waals surface area contributed by atoms with Gasteiger partial charge >= 0.3 is 6.16 Å². The molecule has 1 aliphatic carbocycles. The lowest BCUT2D eigenvalue weighted by Gasteiger charge is -2.28. The highest BCUT2D eigenvalue weighted by Crippen LogP contribution is 2.37. The molecule has 3 rings (SSSR count). The van der Waals surface area contributed by atoms with Crippen molar-refractivity contribution >= 4 is 11.7 Å². The smallest absolute Gasteiger partial charge is 0.426 e. The van der Waals surface area contributed by atoms with Crippen LogP contribution in [0, 0.1) is 5.92 Å². The summed E-state index contributed by atoms with van der Waals surface area (Å²) in [7, 11) is 0. The molecular weight excluding hydrogens is 252 g/mol. The molecule has 20 heavy (non-hydrogen) atoms. The van der Waals surface area contributed by atoms with Gasteiger partial charge in [0, 0.05) is 5.92 Å². The molecule has 1 aromatic carbocycles. The van der Waals surface area contributed by atoms with E-state index < -0.39 is 6.16 Å². The summed E-state index contributed by atoms with van der Waals surface area (Å²) in [5.41, 5.74) is 1.85. The summed E-state index contributed by atoms with van der Waals surface area (Å²) in [5, 5.41) is 0. The minimum atomic E-state index is -0.553. The first-order valence-electron chi connectivity index (χ1n) is 7.37. The zero-order chi connectivity index (χ0) is 13.9. The summed E-state index contributed by atoms with van der Waals surface area (Å²) in [4.78, 5) is 11.6. The number of cyclic esters (lactones) is 2. The number of carbonyl (C=O) groups is 1. The summed E-state index contributed by atoms with van der Waals surface area (Å²) in [5.74, 6) is 0.403. The lowest BCUT2D eigenvalue weighted by atomic mass is 9.81. The van der Waals surface area contributed by atoms with Crippen LogP contribution >= 0.6 is 0 Å². The van der Waals surface area contributed by atoms with Crippen LogP contribution in [0.15, 0.2) is 36.9 Å². The molecule has 106 valence electrons. The van der Waals surface area contributed by atoms with Gasteiger partial charge in [0.05, 0.1) is 0 Å². The van der Waals surface area contributed by atoms with Gasteiger partial charge in [0.15, 0.2) is 6.10 Å². The topological polar surface area (TPSA) is 35.5 Å². The fraction of sp³-hybridized carbons (Fsp3) is 0.471. The van der Waals surface area contributed by atoms with Crippen molar-refractivity contribution in [3.05, 3.63) is 42.5 Å². The van der Waals surface area contributed by atoms with E-state index in [1.807, 2.05) is 30.3 Å². The van der Waals surface area contributed by atoms with Gasteiger partial charge in [0.25, 0.3) is 0 Å². The van der Waals surface area contributed by atoms with E-state index in [4.69, 9.17) is 9.47 Å². The lowest BCUT2D eigenvalue weighted by molar-refractivity contribution is 0.0814. The van der Waals surface area contributed by atoms with E-state index in [1.54, 1.807) is 0 Å². The van der Waals surface area contributed by atoms with Crippen LogP contribution in [-0.2, 0) is 9.47 Å². The van der Waals surface area contributed by atoms with Crippen LogP contribution < -0.4 is 0 Å². The van der Waals surface area contributed by atoms with Crippen LogP contribution in [0.3, 0.4) is 0 Å². The van der Waals surface area contributed by atoms with Gasteiger partial charge in [-0.2, -0.15) is 0 Å². The Kier molecular flexibility index (Phi) is 3.77. The van der Waals surface area contributed by atoms with Crippen molar-refractivity contribution in [3.63, 3.8) is 0 Å². The summed E-state index contributed by atoms with van der Waals surface area (Å²) in [6, 6.07) is 9.88. The van der Waals surface area contributed by atoms with E-state index in [2.05, 4.69) is 6.58 Å². The molecule has 0 N–H and O–H groups in total. The van der Waals surface area contributed by atoms with Crippen LogP contribution in [0.4, 0.5) is 4.79 Å². The zero-order valence-corrected chi connectivity index (χ0v) is 11.6. The fourth-order valence-electron chi connectivity index (χ4n) is 3.26. The number of benzene rings is 1. The predicted molar refractivity (Wildman–Crippen MR) is 77.2 cm³/mol. The number of hydrogen-bond acceptors (Lipinski definition) is 3. The highest BCUT2D eigenvalue weighted by molar-refractivity contribution is 5.73. The van der Waals surface area contributed by atoms with Gasteiger partial charge in [-0.1, -0.05) is 56.2 Å². The maximum Gasteiger partial charge on any atom is 0.509 e.